The SMILES string of the molecule is [2H]C([2H])([2H])C([2H])(C([2H])([2H])C)C([2H])([2H])C1([2H])C(=O)C([2H])([2H])C2([2H])c3cc(OC)c(OC)cc3C([2H])([2H])C([2H])([2H])N2C1([2H])[2H]. The Morgan fingerprint density at radius 3 is 2.92 bits per heavy atom. The van der Waals surface area contributed by atoms with Crippen LogP contribution in [0.5, 0.6) is 11.5 Å². The summed E-state index contributed by atoms with van der Waals surface area (Å²) >= 11 is 0. The van der Waals surface area contributed by atoms with Gasteiger partial charge in [0.1, 0.15) is 5.78 Å². The Labute approximate surface area is 170 Å². The van der Waals surface area contributed by atoms with Crippen molar-refractivity contribution in [3.8, 4) is 11.5 Å². The van der Waals surface area contributed by atoms with Crippen LogP contribution in [-0.4, -0.2) is 37.9 Å². The van der Waals surface area contributed by atoms with E-state index in [-0.39, 0.29) is 11.5 Å². The molecule has 1 fully saturated rings. The lowest BCUT2D eigenvalue weighted by Gasteiger charge is -2.43. The van der Waals surface area contributed by atoms with E-state index in [1.807, 2.05) is 0 Å². The van der Waals surface area contributed by atoms with Crippen LogP contribution in [-0.2, 0) is 11.2 Å². The lowest BCUT2D eigenvalue weighted by molar-refractivity contribution is -0.129. The first-order valence-corrected chi connectivity index (χ1v) is 7.00. The largest absolute Gasteiger partial charge is 0.493 e. The first-order valence-electron chi connectivity index (χ1n) is 16.0. The maximum Gasteiger partial charge on any atom is 0.161 e. The highest BCUT2D eigenvalue weighted by Gasteiger charge is 2.38. The van der Waals surface area contributed by atoms with Crippen LogP contribution in [0.25, 0.3) is 0 Å². The third kappa shape index (κ3) is 3.16. The second-order valence-electron chi connectivity index (χ2n) is 4.86. The summed E-state index contributed by atoms with van der Waals surface area (Å²) in [5, 5.41) is 0. The minimum absolute atomic E-state index is 0.202. The van der Waals surface area contributed by atoms with Gasteiger partial charge in [0.15, 0.2) is 11.5 Å². The van der Waals surface area contributed by atoms with Crippen LogP contribution in [0.2, 0.25) is 0 Å². The monoisotopic (exact) mass is 349 g/mol. The highest BCUT2D eigenvalue weighted by Crippen LogP contribution is 2.42. The second kappa shape index (κ2) is 7.14. The van der Waals surface area contributed by atoms with Crippen molar-refractivity contribution in [1.82, 2.24) is 4.90 Å². The molecule has 1 aromatic carbocycles. The van der Waals surface area contributed by atoms with Gasteiger partial charge < -0.3 is 9.47 Å². The summed E-state index contributed by atoms with van der Waals surface area (Å²) in [5.41, 5.74) is -1.60. The molecule has 0 spiro atoms. The zero-order valence-electron chi connectivity index (χ0n) is 31.3. The number of piperidine rings is 1. The number of benzene rings is 1. The number of ether oxygens (including phenoxy) is 2. The number of hydrogen-bond acceptors (Lipinski definition) is 4. The number of rotatable bonds is 5. The van der Waals surface area contributed by atoms with Crippen LogP contribution in [0.1, 0.15) is 74.7 Å². The molecule has 4 nitrogen and oxygen atoms in total. The Morgan fingerprint density at radius 1 is 1.50 bits per heavy atom. The topological polar surface area (TPSA) is 38.8 Å². The van der Waals surface area contributed by atoms with E-state index in [1.54, 1.807) is 0 Å². The highest BCUT2D eigenvalue weighted by atomic mass is 16.5. The number of nitrogens with zero attached hydrogens (tertiary/aromatic N) is 1. The molecule has 3 atom stereocenters. The van der Waals surface area contributed by atoms with Gasteiger partial charge in [-0.3, -0.25) is 9.69 Å². The van der Waals surface area contributed by atoms with Gasteiger partial charge in [-0.15, -0.1) is 0 Å². The van der Waals surface area contributed by atoms with Gasteiger partial charge in [0.05, 0.1) is 15.6 Å². The molecule has 24 heavy (non-hydrogen) atoms. The number of fused-ring (bicyclic) bond motifs is 3. The van der Waals surface area contributed by atoms with Gasteiger partial charge in [-0.25, -0.2) is 0 Å². The molecule has 3 rings (SSSR count). The number of Topliss-reactive ketones (excluding diaryl/α,β-unsaturated/α-hetero) is 1. The Morgan fingerprint density at radius 2 is 2.25 bits per heavy atom. The molecule has 4 heteroatoms. The fourth-order valence-electron chi connectivity index (χ4n) is 2.28. The highest BCUT2D eigenvalue weighted by molar-refractivity contribution is 5.83. The molecule has 3 unspecified atom stereocenters. The van der Waals surface area contributed by atoms with E-state index in [9.17, 15) is 6.17 Å². The van der Waals surface area contributed by atoms with E-state index < -0.39 is 85.0 Å². The maximum atomic E-state index is 14.0. The molecule has 1 aromatic rings. The molecular formula is C20H29NO3. The lowest BCUT2D eigenvalue weighted by atomic mass is 9.79. The van der Waals surface area contributed by atoms with Crippen LogP contribution in [0, 0.1) is 11.8 Å². The maximum absolute atomic E-state index is 14.0. The molecule has 0 amide bonds. The van der Waals surface area contributed by atoms with E-state index in [0.717, 1.165) is 26.4 Å². The average Bonchev–Trinajstić information content (AvgIpc) is 2.82. The number of aryl methyl sites for hydroxylation is 1. The van der Waals surface area contributed by atoms with Crippen LogP contribution < -0.4 is 9.47 Å². The van der Waals surface area contributed by atoms with E-state index >= 15 is 0 Å². The fraction of sp³-hybridized carbons (Fsp3) is 0.650. The van der Waals surface area contributed by atoms with Gasteiger partial charge in [-0.2, -0.15) is 0 Å². The zero-order valence-corrected chi connectivity index (χ0v) is 13.3. The lowest BCUT2D eigenvalue weighted by Crippen LogP contribution is -2.46. The van der Waals surface area contributed by atoms with Crippen LogP contribution >= 0.6 is 0 Å². The normalized spacial score (nSPS) is 53.5. The molecule has 0 aromatic heterocycles. The van der Waals surface area contributed by atoms with Crippen molar-refractivity contribution in [3.05, 3.63) is 23.3 Å². The summed E-state index contributed by atoms with van der Waals surface area (Å²) in [7, 11) is 2.25. The van der Waals surface area contributed by atoms with E-state index in [0.29, 0.717) is 6.92 Å². The van der Waals surface area contributed by atoms with E-state index in [1.165, 1.54) is 0 Å². The summed E-state index contributed by atoms with van der Waals surface area (Å²) in [5.74, 6) is -11.5. The van der Waals surface area contributed by atoms with Gasteiger partial charge in [-0.1, -0.05) is 20.1 Å². The molecule has 0 aliphatic carbocycles. The zero-order chi connectivity index (χ0) is 33.3. The van der Waals surface area contributed by atoms with Gasteiger partial charge in [0, 0.05) is 54.6 Å². The number of methoxy groups -OCH3 is 2. The molecule has 0 N–H and O–H groups in total. The molecule has 132 valence electrons. The number of carbonyl (C=O) groups excluding carboxylic acids is 1. The minimum atomic E-state index is -4.49. The minimum Gasteiger partial charge on any atom is -0.493 e. The molecule has 0 saturated carbocycles. The summed E-state index contributed by atoms with van der Waals surface area (Å²) < 4.78 is 163. The second-order valence-corrected chi connectivity index (χ2v) is 4.86. The predicted octanol–water partition coefficient (Wildman–Crippen LogP) is 3.63. The van der Waals surface area contributed by atoms with Crippen molar-refractivity contribution >= 4 is 5.78 Å². The van der Waals surface area contributed by atoms with Crippen LogP contribution in [0.4, 0.5) is 0 Å². The molecular weight excluding hydrogens is 302 g/mol. The van der Waals surface area contributed by atoms with Crippen molar-refractivity contribution in [1.29, 1.82) is 0 Å². The Hall–Kier alpha value is -1.55. The first-order chi connectivity index (χ1) is 18.4. The molecule has 2 aliphatic rings. The molecule has 0 radical (unpaired) electrons. The Kier molecular flexibility index (Phi) is 1.70. The van der Waals surface area contributed by atoms with Crippen LogP contribution in [0.3, 0.4) is 0 Å². The van der Waals surface area contributed by atoms with Gasteiger partial charge in [0.25, 0.3) is 0 Å². The van der Waals surface area contributed by atoms with Crippen molar-refractivity contribution in [2.24, 2.45) is 11.8 Å². The number of ketones is 1. The Bertz CT molecular complexity index is 1290. The van der Waals surface area contributed by atoms with E-state index in [2.05, 4.69) is 0 Å². The first kappa shape index (κ1) is 5.73. The number of carbonyl (C=O) groups is 1. The number of hydrogen-bond donors (Lipinski definition) is 0. The molecule has 0 bridgehead atoms. The third-order valence-corrected chi connectivity index (χ3v) is 3.49. The summed E-state index contributed by atoms with van der Waals surface area (Å²) in [6.07, 6.45) is -15.4. The van der Waals surface area contributed by atoms with Crippen molar-refractivity contribution in [3.63, 3.8) is 0 Å². The van der Waals surface area contributed by atoms with Crippen molar-refractivity contribution < 1.29 is 38.9 Å². The summed E-state index contributed by atoms with van der Waals surface area (Å²) in [6, 6.07) is -1.92. The molecule has 2 aliphatic heterocycles. The summed E-state index contributed by atoms with van der Waals surface area (Å²) in [4.78, 5) is 13.5. The van der Waals surface area contributed by atoms with Gasteiger partial charge >= 0.3 is 0 Å². The average molecular weight is 350 g/mol. The third-order valence-electron chi connectivity index (χ3n) is 3.49. The predicted molar refractivity (Wildman–Crippen MR) is 94.8 cm³/mol. The standard InChI is InChI=1S/C20H29NO3/c1-5-13(2)8-15-12-21-7-6-14-9-19(23-3)20(24-4)10-16(14)17(21)11-18(15)22/h9-10,13,15,17H,5-8,11-12H2,1-4H3/i2D3,5D2,6D2,7D2,8D2,11D2,12D2,13D,15D,17D. The van der Waals surface area contributed by atoms with Crippen molar-refractivity contribution in [2.45, 2.75) is 45.3 Å². The fourth-order valence-corrected chi connectivity index (χ4v) is 2.28. The van der Waals surface area contributed by atoms with Gasteiger partial charge in [-0.05, 0) is 41.9 Å². The summed E-state index contributed by atoms with van der Waals surface area (Å²) in [6.45, 7) is -11.8. The quantitative estimate of drug-likeness (QED) is 0.814. The molecule has 1 saturated heterocycles. The van der Waals surface area contributed by atoms with Gasteiger partial charge in [0.2, 0.25) is 0 Å². The van der Waals surface area contributed by atoms with Crippen LogP contribution in [0.15, 0.2) is 12.1 Å². The van der Waals surface area contributed by atoms with Crippen molar-refractivity contribution in [2.75, 3.05) is 27.2 Å². The molecule has 2 heterocycles. The Balaban J connectivity index is 2.60. The smallest absolute Gasteiger partial charge is 0.161 e. The van der Waals surface area contributed by atoms with E-state index in [4.69, 9.17) is 32.8 Å².